The molecule has 0 saturated heterocycles. The highest BCUT2D eigenvalue weighted by molar-refractivity contribution is 7.10. The summed E-state index contributed by atoms with van der Waals surface area (Å²) in [7, 11) is 0. The third kappa shape index (κ3) is 3.73. The molecule has 0 aliphatic rings. The Kier molecular flexibility index (Phi) is 5.28. The average Bonchev–Trinajstić information content (AvgIpc) is 3.14. The average molecular weight is 368 g/mol. The molecule has 1 amide bonds. The fourth-order valence-electron chi connectivity index (χ4n) is 3.35. The monoisotopic (exact) mass is 367 g/mol. The zero-order valence-corrected chi connectivity index (χ0v) is 16.8. The summed E-state index contributed by atoms with van der Waals surface area (Å²) in [5.41, 5.74) is 7.70. The van der Waals surface area contributed by atoms with Gasteiger partial charge < -0.3 is 9.88 Å². The van der Waals surface area contributed by atoms with Gasteiger partial charge in [-0.2, -0.15) is 0 Å². The van der Waals surface area contributed by atoms with Gasteiger partial charge in [-0.25, -0.2) is 4.98 Å². The van der Waals surface area contributed by atoms with Crippen LogP contribution < -0.4 is 5.32 Å². The Balaban J connectivity index is 1.73. The van der Waals surface area contributed by atoms with Crippen molar-refractivity contribution in [2.75, 3.05) is 5.32 Å². The number of thiazole rings is 1. The predicted molar refractivity (Wildman–Crippen MR) is 109 cm³/mol. The number of aryl methyl sites for hydroxylation is 3. The van der Waals surface area contributed by atoms with Gasteiger partial charge in [-0.15, -0.1) is 11.3 Å². The fraction of sp³-hybridized carbons (Fsp3) is 0.333. The van der Waals surface area contributed by atoms with E-state index in [2.05, 4.69) is 42.8 Å². The van der Waals surface area contributed by atoms with Crippen LogP contribution in [-0.4, -0.2) is 15.5 Å². The third-order valence-corrected chi connectivity index (χ3v) is 5.53. The summed E-state index contributed by atoms with van der Waals surface area (Å²) in [5, 5.41) is 5.87. The molecule has 1 aromatic carbocycles. The number of benzene rings is 1. The van der Waals surface area contributed by atoms with Crippen LogP contribution in [0.3, 0.4) is 0 Å². The first-order valence-electron chi connectivity index (χ1n) is 8.87. The van der Waals surface area contributed by atoms with E-state index in [1.807, 2.05) is 31.4 Å². The van der Waals surface area contributed by atoms with Gasteiger partial charge in [0.05, 0.1) is 12.1 Å². The van der Waals surface area contributed by atoms with Crippen molar-refractivity contribution in [3.63, 3.8) is 0 Å². The van der Waals surface area contributed by atoms with Gasteiger partial charge in [-0.3, -0.25) is 4.79 Å². The molecule has 26 heavy (non-hydrogen) atoms. The van der Waals surface area contributed by atoms with Crippen LogP contribution in [0.25, 0.3) is 11.3 Å². The van der Waals surface area contributed by atoms with Gasteiger partial charge in [0.2, 0.25) is 5.91 Å². The summed E-state index contributed by atoms with van der Waals surface area (Å²) in [6, 6.07) is 8.21. The second kappa shape index (κ2) is 7.46. The molecule has 0 bridgehead atoms. The highest BCUT2D eigenvalue weighted by atomic mass is 32.1. The van der Waals surface area contributed by atoms with Gasteiger partial charge in [0.1, 0.15) is 5.01 Å². The lowest BCUT2D eigenvalue weighted by atomic mass is 10.1. The van der Waals surface area contributed by atoms with Crippen molar-refractivity contribution in [2.45, 2.75) is 47.6 Å². The molecule has 0 radical (unpaired) electrons. The molecule has 0 fully saturated rings. The van der Waals surface area contributed by atoms with E-state index < -0.39 is 0 Å². The number of hydrogen-bond acceptors (Lipinski definition) is 3. The minimum atomic E-state index is -0.0307. The number of amides is 1. The number of carbonyl (C=O) groups is 1. The third-order valence-electron chi connectivity index (χ3n) is 4.69. The second-order valence-electron chi connectivity index (χ2n) is 6.70. The molecule has 2 heterocycles. The van der Waals surface area contributed by atoms with Crippen LogP contribution in [-0.2, 0) is 17.8 Å². The smallest absolute Gasteiger partial charge is 0.231 e. The highest BCUT2D eigenvalue weighted by Gasteiger charge is 2.14. The van der Waals surface area contributed by atoms with E-state index >= 15 is 0 Å². The quantitative estimate of drug-likeness (QED) is 0.686. The minimum absolute atomic E-state index is 0.0307. The van der Waals surface area contributed by atoms with Crippen molar-refractivity contribution in [3.05, 3.63) is 57.2 Å². The van der Waals surface area contributed by atoms with Crippen LogP contribution in [0.1, 0.15) is 34.4 Å². The largest absolute Gasteiger partial charge is 0.349 e. The van der Waals surface area contributed by atoms with E-state index in [1.165, 1.54) is 17.0 Å². The van der Waals surface area contributed by atoms with Gasteiger partial charge in [0, 0.05) is 34.6 Å². The first-order chi connectivity index (χ1) is 12.4. The zero-order valence-electron chi connectivity index (χ0n) is 16.0. The second-order valence-corrected chi connectivity index (χ2v) is 7.64. The van der Waals surface area contributed by atoms with E-state index in [0.717, 1.165) is 34.1 Å². The van der Waals surface area contributed by atoms with Crippen molar-refractivity contribution < 1.29 is 4.79 Å². The number of aromatic nitrogens is 2. The summed E-state index contributed by atoms with van der Waals surface area (Å²) in [5.74, 6) is -0.0307. The molecule has 0 atom stereocenters. The zero-order chi connectivity index (χ0) is 18.8. The van der Waals surface area contributed by atoms with Crippen molar-refractivity contribution in [1.82, 2.24) is 9.55 Å². The minimum Gasteiger partial charge on any atom is -0.349 e. The Morgan fingerprint density at radius 3 is 2.62 bits per heavy atom. The summed E-state index contributed by atoms with van der Waals surface area (Å²) in [4.78, 5) is 17.1. The van der Waals surface area contributed by atoms with Crippen molar-refractivity contribution in [1.29, 1.82) is 0 Å². The first kappa shape index (κ1) is 18.4. The van der Waals surface area contributed by atoms with Crippen LogP contribution in [0, 0.1) is 27.7 Å². The number of anilines is 1. The van der Waals surface area contributed by atoms with Crippen LogP contribution in [0.5, 0.6) is 0 Å². The van der Waals surface area contributed by atoms with Crippen LogP contribution >= 0.6 is 11.3 Å². The van der Waals surface area contributed by atoms with E-state index in [9.17, 15) is 4.79 Å². The first-order valence-corrected chi connectivity index (χ1v) is 9.75. The highest BCUT2D eigenvalue weighted by Crippen LogP contribution is 2.28. The Morgan fingerprint density at radius 1 is 1.19 bits per heavy atom. The SMILES string of the molecule is CCn1c(C)cc(-c2csc(CC(=O)Nc3ccc(C)cc3C)n2)c1C. The Bertz CT molecular complexity index is 952. The van der Waals surface area contributed by atoms with E-state index in [1.54, 1.807) is 11.3 Å². The lowest BCUT2D eigenvalue weighted by Gasteiger charge is -2.08. The van der Waals surface area contributed by atoms with Crippen LogP contribution in [0.15, 0.2) is 29.6 Å². The Morgan fingerprint density at radius 2 is 1.96 bits per heavy atom. The molecule has 0 unspecified atom stereocenters. The predicted octanol–water partition coefficient (Wildman–Crippen LogP) is 5.05. The normalized spacial score (nSPS) is 11.0. The molecular formula is C21H25N3OS. The fourth-order valence-corrected chi connectivity index (χ4v) is 4.14. The molecule has 3 rings (SSSR count). The number of rotatable bonds is 5. The maximum absolute atomic E-state index is 12.4. The number of carbonyl (C=O) groups excluding carboxylic acids is 1. The van der Waals surface area contributed by atoms with Gasteiger partial charge in [-0.1, -0.05) is 17.7 Å². The standard InChI is InChI=1S/C21H25N3OS/c1-6-24-15(4)10-17(16(24)5)19-12-26-21(23-19)11-20(25)22-18-8-7-13(2)9-14(18)3/h7-10,12H,6,11H2,1-5H3,(H,22,25). The number of nitrogens with one attached hydrogen (secondary N) is 1. The summed E-state index contributed by atoms with van der Waals surface area (Å²) >= 11 is 1.54. The van der Waals surface area contributed by atoms with E-state index in [4.69, 9.17) is 4.98 Å². The Hall–Kier alpha value is -2.40. The number of hydrogen-bond donors (Lipinski definition) is 1. The van der Waals surface area contributed by atoms with Crippen LogP contribution in [0.2, 0.25) is 0 Å². The van der Waals surface area contributed by atoms with Crippen molar-refractivity contribution >= 4 is 22.9 Å². The van der Waals surface area contributed by atoms with Gasteiger partial charge in [-0.05, 0) is 52.3 Å². The summed E-state index contributed by atoms with van der Waals surface area (Å²) in [6.07, 6.45) is 0.296. The molecule has 0 spiro atoms. The lowest BCUT2D eigenvalue weighted by molar-refractivity contribution is -0.115. The maximum Gasteiger partial charge on any atom is 0.231 e. The van der Waals surface area contributed by atoms with Crippen molar-refractivity contribution in [3.8, 4) is 11.3 Å². The molecule has 0 aliphatic carbocycles. The van der Waals surface area contributed by atoms with Gasteiger partial charge in [0.15, 0.2) is 0 Å². The molecule has 1 N–H and O–H groups in total. The Labute approximate surface area is 158 Å². The molecule has 0 aliphatic heterocycles. The van der Waals surface area contributed by atoms with Crippen molar-refractivity contribution in [2.24, 2.45) is 0 Å². The maximum atomic E-state index is 12.4. The molecule has 5 heteroatoms. The summed E-state index contributed by atoms with van der Waals surface area (Å²) < 4.78 is 2.28. The summed E-state index contributed by atoms with van der Waals surface area (Å²) in [6.45, 7) is 11.4. The van der Waals surface area contributed by atoms with Crippen LogP contribution in [0.4, 0.5) is 5.69 Å². The van der Waals surface area contributed by atoms with Gasteiger partial charge in [0.25, 0.3) is 0 Å². The molecule has 2 aromatic heterocycles. The van der Waals surface area contributed by atoms with Gasteiger partial charge >= 0.3 is 0 Å². The molecule has 4 nitrogen and oxygen atoms in total. The molecule has 0 saturated carbocycles. The van der Waals surface area contributed by atoms with E-state index in [-0.39, 0.29) is 5.91 Å². The lowest BCUT2D eigenvalue weighted by Crippen LogP contribution is -2.15. The molecule has 136 valence electrons. The van der Waals surface area contributed by atoms with E-state index in [0.29, 0.717) is 6.42 Å². The topological polar surface area (TPSA) is 46.9 Å². The molecule has 3 aromatic rings. The number of nitrogens with zero attached hydrogens (tertiary/aromatic N) is 2. The molecular weight excluding hydrogens is 342 g/mol.